The fraction of sp³-hybridized carbons (Fsp3) is 0.500. The Morgan fingerprint density at radius 1 is 1.55 bits per heavy atom. The van der Waals surface area contributed by atoms with Crippen LogP contribution in [-0.4, -0.2) is 50.2 Å². The molecule has 1 aliphatic heterocycles. The first-order valence-corrected chi connectivity index (χ1v) is 6.10. The van der Waals surface area contributed by atoms with E-state index in [1.807, 2.05) is 0 Å². The van der Waals surface area contributed by atoms with Gasteiger partial charge in [-0.15, -0.1) is 0 Å². The fourth-order valence-corrected chi connectivity index (χ4v) is 1.91. The summed E-state index contributed by atoms with van der Waals surface area (Å²) >= 11 is 4.38. The van der Waals surface area contributed by atoms with Gasteiger partial charge in [0.1, 0.15) is 30.7 Å². The number of hydrogen-bond acceptors (Lipinski definition) is 9. The Labute approximate surface area is 118 Å². The summed E-state index contributed by atoms with van der Waals surface area (Å²) in [6.45, 7) is -0.168. The Morgan fingerprint density at radius 2 is 2.30 bits per heavy atom. The van der Waals surface area contributed by atoms with Crippen molar-refractivity contribution in [1.82, 2.24) is 9.55 Å². The summed E-state index contributed by atoms with van der Waals surface area (Å²) in [5.74, 6) is 0.0496. The molecule has 2 rings (SSSR count). The molecule has 0 radical (unpaired) electrons. The molecule has 4 N–H and O–H groups in total. The van der Waals surface area contributed by atoms with Crippen LogP contribution in [0, 0.1) is 0 Å². The highest BCUT2D eigenvalue weighted by molar-refractivity contribution is 7.78. The molecule has 4 atom stereocenters. The van der Waals surface area contributed by atoms with Crippen LogP contribution in [0.25, 0.3) is 0 Å². The van der Waals surface area contributed by atoms with Gasteiger partial charge in [-0.25, -0.2) is 4.79 Å². The zero-order valence-corrected chi connectivity index (χ0v) is 11.0. The number of aliphatic hydroxyl groups excluding tert-OH is 2. The zero-order chi connectivity index (χ0) is 14.7. The van der Waals surface area contributed by atoms with E-state index in [9.17, 15) is 15.0 Å². The molecule has 0 saturated carbocycles. The molecule has 0 aliphatic carbocycles. The van der Waals surface area contributed by atoms with E-state index in [4.69, 9.17) is 10.5 Å². The first-order chi connectivity index (χ1) is 9.54. The summed E-state index contributed by atoms with van der Waals surface area (Å²) in [6, 6.07) is 1.38. The van der Waals surface area contributed by atoms with E-state index in [0.29, 0.717) is 0 Å². The third-order valence-corrected chi connectivity index (χ3v) is 2.88. The van der Waals surface area contributed by atoms with Crippen molar-refractivity contribution in [2.75, 3.05) is 12.3 Å². The number of nitrogens with zero attached hydrogens (tertiary/aromatic N) is 2. The van der Waals surface area contributed by atoms with Crippen LogP contribution in [0.1, 0.15) is 6.23 Å². The van der Waals surface area contributed by atoms with Crippen LogP contribution in [-0.2, 0) is 14.5 Å². The van der Waals surface area contributed by atoms with Gasteiger partial charge in [-0.3, -0.25) is 4.57 Å². The first-order valence-electron chi connectivity index (χ1n) is 5.62. The molecule has 1 aromatic rings. The molecular weight excluding hydrogens is 290 g/mol. The predicted molar refractivity (Wildman–Crippen MR) is 69.5 cm³/mol. The number of nitrogens with two attached hydrogens (primary N) is 1. The summed E-state index contributed by atoms with van der Waals surface area (Å²) in [6.07, 6.45) is -3.22. The third kappa shape index (κ3) is 2.94. The normalized spacial score (nSPS) is 29.3. The molecule has 0 aromatic carbocycles. The quantitative estimate of drug-likeness (QED) is 0.253. The van der Waals surface area contributed by atoms with Gasteiger partial charge in [-0.2, -0.15) is 9.87 Å². The van der Waals surface area contributed by atoms with E-state index in [2.05, 4.69) is 27.0 Å². The maximum Gasteiger partial charge on any atom is 0.351 e. The van der Waals surface area contributed by atoms with Crippen LogP contribution in [0.3, 0.4) is 0 Å². The number of rotatable bonds is 5. The topological polar surface area (TPSA) is 129 Å². The number of hydrogen-bond donors (Lipinski definition) is 3. The highest BCUT2D eigenvalue weighted by Gasteiger charge is 2.44. The van der Waals surface area contributed by atoms with Crippen LogP contribution in [0.4, 0.5) is 5.82 Å². The highest BCUT2D eigenvalue weighted by atomic mass is 32.1. The molecule has 1 saturated heterocycles. The van der Waals surface area contributed by atoms with Crippen molar-refractivity contribution in [1.29, 1.82) is 0 Å². The van der Waals surface area contributed by atoms with Crippen LogP contribution in [0.15, 0.2) is 17.1 Å². The van der Waals surface area contributed by atoms with Crippen LogP contribution in [0.2, 0.25) is 0 Å². The van der Waals surface area contributed by atoms with Gasteiger partial charge in [0, 0.05) is 6.20 Å². The number of ether oxygens (including phenoxy) is 1. The lowest BCUT2D eigenvalue weighted by molar-refractivity contribution is -0.240. The maximum atomic E-state index is 11.7. The minimum atomic E-state index is -1.32. The average molecular weight is 303 g/mol. The molecule has 9 nitrogen and oxygen atoms in total. The Bertz CT molecular complexity index is 538. The largest absolute Gasteiger partial charge is 0.387 e. The Balaban J connectivity index is 2.13. The second-order valence-electron chi connectivity index (χ2n) is 4.07. The minimum absolute atomic E-state index is 0.0496. The van der Waals surface area contributed by atoms with E-state index < -0.39 is 30.2 Å². The van der Waals surface area contributed by atoms with Crippen molar-refractivity contribution in [3.63, 3.8) is 0 Å². The lowest BCUT2D eigenvalue weighted by Gasteiger charge is -2.16. The van der Waals surface area contributed by atoms with Gasteiger partial charge in [-0.1, -0.05) is 0 Å². The van der Waals surface area contributed by atoms with E-state index in [1.54, 1.807) is 0 Å². The van der Waals surface area contributed by atoms with Crippen molar-refractivity contribution in [2.45, 2.75) is 24.5 Å². The van der Waals surface area contributed by atoms with E-state index >= 15 is 0 Å². The average Bonchev–Trinajstić information content (AvgIpc) is 2.68. The molecule has 0 amide bonds. The Morgan fingerprint density at radius 3 is 2.95 bits per heavy atom. The van der Waals surface area contributed by atoms with Gasteiger partial charge in [0.2, 0.25) is 0 Å². The lowest BCUT2D eigenvalue weighted by Crippen LogP contribution is -2.36. The molecule has 0 bridgehead atoms. The van der Waals surface area contributed by atoms with Crippen LogP contribution >= 0.6 is 12.2 Å². The zero-order valence-electron chi connectivity index (χ0n) is 10.2. The third-order valence-electron chi connectivity index (χ3n) is 2.80. The fourth-order valence-electron chi connectivity index (χ4n) is 1.85. The number of aliphatic hydroxyl groups is 2. The number of nitrogen functional groups attached to an aromatic ring is 1. The van der Waals surface area contributed by atoms with E-state index in [1.165, 1.54) is 12.3 Å². The summed E-state index contributed by atoms with van der Waals surface area (Å²) in [5.41, 5.74) is 5.57. The number of thiocarbonyl (C=S) groups is 1. The monoisotopic (exact) mass is 303 g/mol. The summed E-state index contributed by atoms with van der Waals surface area (Å²) < 4.78 is 6.40. The summed E-state index contributed by atoms with van der Waals surface area (Å²) in [7, 11) is 0. The molecule has 20 heavy (non-hydrogen) atoms. The highest BCUT2D eigenvalue weighted by Crippen LogP contribution is 2.28. The smallest absolute Gasteiger partial charge is 0.351 e. The molecule has 0 unspecified atom stereocenters. The molecule has 1 fully saturated rings. The van der Waals surface area contributed by atoms with Crippen molar-refractivity contribution in [3.05, 3.63) is 22.7 Å². The predicted octanol–water partition coefficient (Wildman–Crippen LogP) is -1.65. The Kier molecular flexibility index (Phi) is 4.62. The standard InChI is InChI=1S/C10H13N3O6S/c11-6-1-2-13(10(16)12-6)9-8(15)7(14)5(19-9)3-17-18-4-20/h1-2,4-5,7-9,14-15H,3H2,(H2,11,12,16)/t5-,7-,8-,9-/m1/s1. The molecule has 0 spiro atoms. The van der Waals surface area contributed by atoms with E-state index in [0.717, 1.165) is 10.1 Å². The Hall–Kier alpha value is -1.59. The number of aromatic nitrogens is 2. The van der Waals surface area contributed by atoms with Crippen LogP contribution in [0.5, 0.6) is 0 Å². The van der Waals surface area contributed by atoms with Gasteiger partial charge in [0.15, 0.2) is 11.8 Å². The van der Waals surface area contributed by atoms with Gasteiger partial charge in [0.05, 0.1) is 0 Å². The second-order valence-corrected chi connectivity index (χ2v) is 4.26. The molecule has 10 heteroatoms. The SMILES string of the molecule is Nc1ccn([C@@H]2O[C@H](COOC=S)[C@@H](O)[C@H]2O)c(=O)n1. The van der Waals surface area contributed by atoms with Gasteiger partial charge >= 0.3 is 5.69 Å². The van der Waals surface area contributed by atoms with Gasteiger partial charge < -0.3 is 25.6 Å². The minimum Gasteiger partial charge on any atom is -0.387 e. The summed E-state index contributed by atoms with van der Waals surface area (Å²) in [4.78, 5) is 24.2. The van der Waals surface area contributed by atoms with Crippen LogP contribution < -0.4 is 11.4 Å². The molecule has 1 aromatic heterocycles. The molecule has 2 heterocycles. The van der Waals surface area contributed by atoms with E-state index in [-0.39, 0.29) is 12.4 Å². The molecule has 110 valence electrons. The van der Waals surface area contributed by atoms with Crippen molar-refractivity contribution >= 4 is 23.6 Å². The first kappa shape index (κ1) is 14.8. The van der Waals surface area contributed by atoms with Gasteiger partial charge in [-0.05, 0) is 18.3 Å². The van der Waals surface area contributed by atoms with Crippen molar-refractivity contribution in [2.24, 2.45) is 0 Å². The maximum absolute atomic E-state index is 11.7. The summed E-state index contributed by atoms with van der Waals surface area (Å²) in [5, 5.41) is 19.7. The molecule has 1 aliphatic rings. The van der Waals surface area contributed by atoms with Crippen molar-refractivity contribution in [3.8, 4) is 0 Å². The second kappa shape index (κ2) is 6.24. The number of anilines is 1. The van der Waals surface area contributed by atoms with Gasteiger partial charge in [0.25, 0.3) is 0 Å². The lowest BCUT2D eigenvalue weighted by atomic mass is 10.1. The van der Waals surface area contributed by atoms with Crippen molar-refractivity contribution < 1.29 is 24.7 Å². The molecular formula is C10H13N3O6S.